The summed E-state index contributed by atoms with van der Waals surface area (Å²) in [6.07, 6.45) is -1.54. The summed E-state index contributed by atoms with van der Waals surface area (Å²) in [6.45, 7) is 0. The first-order valence-electron chi connectivity index (χ1n) is 5.26. The fraction of sp³-hybridized carbons (Fsp3) is 0.333. The van der Waals surface area contributed by atoms with E-state index in [1.165, 1.54) is 0 Å². The lowest BCUT2D eigenvalue weighted by molar-refractivity contribution is -0.147. The summed E-state index contributed by atoms with van der Waals surface area (Å²) in [5, 5.41) is 27.6. The van der Waals surface area contributed by atoms with Crippen LogP contribution in [-0.4, -0.2) is 27.3 Å². The van der Waals surface area contributed by atoms with Gasteiger partial charge in [-0.25, -0.2) is 4.79 Å². The predicted molar refractivity (Wildman–Crippen MR) is 67.6 cm³/mol. The highest BCUT2D eigenvalue weighted by molar-refractivity contribution is 9.08. The lowest BCUT2D eigenvalue weighted by atomic mass is 9.96. The lowest BCUT2D eigenvalue weighted by Gasteiger charge is -2.13. The minimum atomic E-state index is -1.63. The summed E-state index contributed by atoms with van der Waals surface area (Å²) in [5.74, 6) is -2.31. The van der Waals surface area contributed by atoms with Crippen molar-refractivity contribution in [2.45, 2.75) is 24.3 Å². The maximum absolute atomic E-state index is 10.8. The van der Waals surface area contributed by atoms with Crippen molar-refractivity contribution in [2.24, 2.45) is 0 Å². The van der Waals surface area contributed by atoms with Crippen LogP contribution in [0.25, 0.3) is 0 Å². The van der Waals surface area contributed by atoms with Crippen LogP contribution in [0.4, 0.5) is 0 Å². The van der Waals surface area contributed by atoms with Crippen LogP contribution in [0.15, 0.2) is 18.2 Å². The molecule has 1 aromatic rings. The monoisotopic (exact) mass is 316 g/mol. The van der Waals surface area contributed by atoms with Gasteiger partial charge in [0.2, 0.25) is 0 Å². The van der Waals surface area contributed by atoms with Crippen molar-refractivity contribution in [3.8, 4) is 0 Å². The van der Waals surface area contributed by atoms with E-state index in [4.69, 9.17) is 10.2 Å². The highest BCUT2D eigenvalue weighted by Crippen LogP contribution is 2.22. The van der Waals surface area contributed by atoms with E-state index in [0.717, 1.165) is 5.56 Å². The average Bonchev–Trinajstić information content (AvgIpc) is 2.35. The predicted octanol–water partition coefficient (Wildman–Crippen LogP) is 1.72. The Balaban J connectivity index is 3.07. The van der Waals surface area contributed by atoms with Gasteiger partial charge in [-0.3, -0.25) is 4.79 Å². The van der Waals surface area contributed by atoms with Crippen molar-refractivity contribution >= 4 is 27.9 Å². The molecule has 0 saturated carbocycles. The van der Waals surface area contributed by atoms with E-state index in [0.29, 0.717) is 10.9 Å². The van der Waals surface area contributed by atoms with Gasteiger partial charge in [0.1, 0.15) is 0 Å². The number of aryl methyl sites for hydroxylation is 1. The number of aliphatic carboxylic acids is 2. The molecule has 0 aliphatic rings. The van der Waals surface area contributed by atoms with Gasteiger partial charge in [-0.1, -0.05) is 34.1 Å². The summed E-state index contributed by atoms with van der Waals surface area (Å²) in [5.41, 5.74) is 1.61. The fourth-order valence-corrected chi connectivity index (χ4v) is 1.93. The number of halogens is 1. The second-order valence-electron chi connectivity index (χ2n) is 3.80. The molecule has 0 amide bonds. The van der Waals surface area contributed by atoms with Gasteiger partial charge in [0.25, 0.3) is 0 Å². The van der Waals surface area contributed by atoms with Gasteiger partial charge in [0.05, 0.1) is 0 Å². The molecule has 1 unspecified atom stereocenters. The molecule has 0 radical (unpaired) electrons. The van der Waals surface area contributed by atoms with Crippen molar-refractivity contribution in [1.82, 2.24) is 0 Å². The SMILES string of the molecule is O=C(O)CCc1ccc(CBr)cc1C(O)C(=O)O. The van der Waals surface area contributed by atoms with Crippen LogP contribution < -0.4 is 0 Å². The summed E-state index contributed by atoms with van der Waals surface area (Å²) in [6, 6.07) is 5.00. The van der Waals surface area contributed by atoms with Crippen molar-refractivity contribution in [2.75, 3.05) is 0 Å². The molecule has 0 aliphatic carbocycles. The topological polar surface area (TPSA) is 94.8 Å². The molecular weight excluding hydrogens is 304 g/mol. The average molecular weight is 317 g/mol. The number of rotatable bonds is 6. The molecule has 0 saturated heterocycles. The van der Waals surface area contributed by atoms with Crippen LogP contribution in [0, 0.1) is 0 Å². The van der Waals surface area contributed by atoms with Crippen molar-refractivity contribution in [1.29, 1.82) is 0 Å². The molecule has 0 aromatic heterocycles. The standard InChI is InChI=1S/C12H13BrO5/c13-6-7-1-2-8(3-4-10(14)15)9(5-7)11(16)12(17)18/h1-2,5,11,16H,3-4,6H2,(H,14,15)(H,17,18). The molecule has 5 nitrogen and oxygen atoms in total. The third-order valence-electron chi connectivity index (χ3n) is 2.50. The molecule has 98 valence electrons. The summed E-state index contributed by atoms with van der Waals surface area (Å²) >= 11 is 3.24. The van der Waals surface area contributed by atoms with Crippen LogP contribution >= 0.6 is 15.9 Å². The smallest absolute Gasteiger partial charge is 0.337 e. The number of aliphatic hydroxyl groups is 1. The van der Waals surface area contributed by atoms with Crippen molar-refractivity contribution < 1.29 is 24.9 Å². The van der Waals surface area contributed by atoms with Gasteiger partial charge in [0, 0.05) is 11.8 Å². The molecule has 1 rings (SSSR count). The molecule has 3 N–H and O–H groups in total. The zero-order chi connectivity index (χ0) is 13.7. The van der Waals surface area contributed by atoms with Gasteiger partial charge >= 0.3 is 11.9 Å². The number of hydrogen-bond donors (Lipinski definition) is 3. The summed E-state index contributed by atoms with van der Waals surface area (Å²) in [4.78, 5) is 21.3. The Bertz CT molecular complexity index is 458. The number of hydrogen-bond acceptors (Lipinski definition) is 3. The lowest BCUT2D eigenvalue weighted by Crippen LogP contribution is -2.13. The van der Waals surface area contributed by atoms with Crippen LogP contribution in [0.5, 0.6) is 0 Å². The molecule has 0 heterocycles. The third-order valence-corrected chi connectivity index (χ3v) is 3.15. The van der Waals surface area contributed by atoms with Crippen LogP contribution in [0.2, 0.25) is 0 Å². The highest BCUT2D eigenvalue weighted by Gasteiger charge is 2.20. The van der Waals surface area contributed by atoms with Gasteiger partial charge < -0.3 is 15.3 Å². The Morgan fingerprint density at radius 2 is 1.94 bits per heavy atom. The maximum Gasteiger partial charge on any atom is 0.337 e. The van der Waals surface area contributed by atoms with E-state index in [1.807, 2.05) is 0 Å². The maximum atomic E-state index is 10.8. The van der Waals surface area contributed by atoms with Crippen molar-refractivity contribution in [3.05, 3.63) is 34.9 Å². The normalized spacial score (nSPS) is 12.1. The summed E-state index contributed by atoms with van der Waals surface area (Å²) in [7, 11) is 0. The molecule has 0 fully saturated rings. The van der Waals surface area contributed by atoms with Crippen LogP contribution in [0.3, 0.4) is 0 Å². The van der Waals surface area contributed by atoms with Crippen LogP contribution in [-0.2, 0) is 21.3 Å². The van der Waals surface area contributed by atoms with Gasteiger partial charge in [-0.05, 0) is 23.1 Å². The van der Waals surface area contributed by atoms with Gasteiger partial charge in [-0.15, -0.1) is 0 Å². The first kappa shape index (κ1) is 14.7. The zero-order valence-electron chi connectivity index (χ0n) is 9.47. The first-order chi connectivity index (χ1) is 8.45. The van der Waals surface area contributed by atoms with Gasteiger partial charge in [-0.2, -0.15) is 0 Å². The minimum Gasteiger partial charge on any atom is -0.481 e. The van der Waals surface area contributed by atoms with E-state index in [-0.39, 0.29) is 18.4 Å². The quantitative estimate of drug-likeness (QED) is 0.694. The number of benzene rings is 1. The minimum absolute atomic E-state index is 0.104. The number of carbonyl (C=O) groups is 2. The summed E-state index contributed by atoms with van der Waals surface area (Å²) < 4.78 is 0. The number of carboxylic acids is 2. The molecule has 0 spiro atoms. The molecule has 0 bridgehead atoms. The Kier molecular flexibility index (Phi) is 5.30. The Morgan fingerprint density at radius 1 is 1.28 bits per heavy atom. The largest absolute Gasteiger partial charge is 0.481 e. The van der Waals surface area contributed by atoms with E-state index >= 15 is 0 Å². The Labute approximate surface area is 112 Å². The Hall–Kier alpha value is -1.40. The van der Waals surface area contributed by atoms with E-state index in [1.54, 1.807) is 18.2 Å². The highest BCUT2D eigenvalue weighted by atomic mass is 79.9. The number of aliphatic hydroxyl groups excluding tert-OH is 1. The second-order valence-corrected chi connectivity index (χ2v) is 4.36. The third kappa shape index (κ3) is 3.82. The van der Waals surface area contributed by atoms with E-state index in [9.17, 15) is 14.7 Å². The molecule has 0 aliphatic heterocycles. The zero-order valence-corrected chi connectivity index (χ0v) is 11.1. The van der Waals surface area contributed by atoms with Crippen molar-refractivity contribution in [3.63, 3.8) is 0 Å². The molecular formula is C12H13BrO5. The molecule has 6 heteroatoms. The molecule has 1 atom stereocenters. The molecule has 18 heavy (non-hydrogen) atoms. The fourth-order valence-electron chi connectivity index (χ4n) is 1.58. The second kappa shape index (κ2) is 6.51. The van der Waals surface area contributed by atoms with Gasteiger partial charge in [0.15, 0.2) is 6.10 Å². The molecule has 1 aromatic carbocycles. The van der Waals surface area contributed by atoms with E-state index in [2.05, 4.69) is 15.9 Å². The number of carboxylic acid groups (broad SMARTS) is 2. The Morgan fingerprint density at radius 3 is 2.44 bits per heavy atom. The first-order valence-corrected chi connectivity index (χ1v) is 6.38. The number of alkyl halides is 1. The van der Waals surface area contributed by atoms with E-state index < -0.39 is 18.0 Å². The van der Waals surface area contributed by atoms with Crippen LogP contribution in [0.1, 0.15) is 29.2 Å².